The number of aromatic nitrogens is 1. The number of aromatic amines is 1. The fourth-order valence-electron chi connectivity index (χ4n) is 2.89. The number of hydrogen-bond donors (Lipinski definition) is 1. The fraction of sp³-hybridized carbons (Fsp3) is 0.294. The summed E-state index contributed by atoms with van der Waals surface area (Å²) in [4.78, 5) is 3.21. The molecule has 0 unspecified atom stereocenters. The van der Waals surface area contributed by atoms with E-state index in [4.69, 9.17) is 21.7 Å². The van der Waals surface area contributed by atoms with Gasteiger partial charge in [0.25, 0.3) is 0 Å². The standard InChI is InChI=1S/C17H16N2O2S/c1-20-10-21-12-7-5-11(6-8-12)16-13-3-2-4-15(13)19-17(22)14(16)9-18/h5-8H,2-4,10H2,1H3,(H,19,22). The quantitative estimate of drug-likeness (QED) is 0.690. The largest absolute Gasteiger partial charge is 0.468 e. The SMILES string of the molecule is COCOc1ccc(-c2c3c([nH]c(=S)c2C#N)CCC3)cc1. The number of H-pyrrole nitrogens is 1. The van der Waals surface area contributed by atoms with Crippen LogP contribution in [0, 0.1) is 16.0 Å². The third-order valence-electron chi connectivity index (χ3n) is 3.86. The number of pyridine rings is 1. The zero-order chi connectivity index (χ0) is 15.5. The van der Waals surface area contributed by atoms with Crippen LogP contribution in [0.15, 0.2) is 24.3 Å². The maximum Gasteiger partial charge on any atom is 0.188 e. The summed E-state index contributed by atoms with van der Waals surface area (Å²) in [5, 5.41) is 9.48. The fourth-order valence-corrected chi connectivity index (χ4v) is 3.16. The molecule has 22 heavy (non-hydrogen) atoms. The molecule has 0 bridgehead atoms. The number of benzene rings is 1. The normalized spacial score (nSPS) is 12.7. The Hall–Kier alpha value is -2.16. The van der Waals surface area contributed by atoms with E-state index in [1.165, 1.54) is 11.3 Å². The summed E-state index contributed by atoms with van der Waals surface area (Å²) < 4.78 is 10.8. The third kappa shape index (κ3) is 2.63. The van der Waals surface area contributed by atoms with Crippen LogP contribution < -0.4 is 4.74 Å². The Kier molecular flexibility index (Phi) is 4.23. The van der Waals surface area contributed by atoms with Crippen molar-refractivity contribution in [1.82, 2.24) is 4.98 Å². The highest BCUT2D eigenvalue weighted by Crippen LogP contribution is 2.35. The van der Waals surface area contributed by atoms with Gasteiger partial charge in [-0.05, 0) is 42.5 Å². The van der Waals surface area contributed by atoms with E-state index < -0.39 is 0 Å². The molecule has 1 aromatic carbocycles. The van der Waals surface area contributed by atoms with Gasteiger partial charge >= 0.3 is 0 Å². The van der Waals surface area contributed by atoms with Crippen molar-refractivity contribution in [3.63, 3.8) is 0 Å². The second-order valence-electron chi connectivity index (χ2n) is 5.20. The Morgan fingerprint density at radius 2 is 2.05 bits per heavy atom. The highest BCUT2D eigenvalue weighted by molar-refractivity contribution is 7.71. The van der Waals surface area contributed by atoms with Crippen molar-refractivity contribution in [1.29, 1.82) is 5.26 Å². The Morgan fingerprint density at radius 1 is 1.27 bits per heavy atom. The molecule has 4 nitrogen and oxygen atoms in total. The van der Waals surface area contributed by atoms with Crippen LogP contribution in [0.3, 0.4) is 0 Å². The van der Waals surface area contributed by atoms with Crippen LogP contribution in [0.1, 0.15) is 23.2 Å². The average molecular weight is 312 g/mol. The van der Waals surface area contributed by atoms with Crippen molar-refractivity contribution in [2.75, 3.05) is 13.9 Å². The van der Waals surface area contributed by atoms with Crippen molar-refractivity contribution in [2.45, 2.75) is 19.3 Å². The van der Waals surface area contributed by atoms with E-state index in [1.807, 2.05) is 24.3 Å². The van der Waals surface area contributed by atoms with E-state index in [2.05, 4.69) is 11.1 Å². The third-order valence-corrected chi connectivity index (χ3v) is 4.17. The van der Waals surface area contributed by atoms with Gasteiger partial charge in [0.2, 0.25) is 0 Å². The number of nitrogens with one attached hydrogen (secondary N) is 1. The lowest BCUT2D eigenvalue weighted by Gasteiger charge is -2.12. The smallest absolute Gasteiger partial charge is 0.188 e. The number of ether oxygens (including phenoxy) is 2. The highest BCUT2D eigenvalue weighted by atomic mass is 32.1. The van der Waals surface area contributed by atoms with Crippen molar-refractivity contribution >= 4 is 12.2 Å². The van der Waals surface area contributed by atoms with Crippen LogP contribution >= 0.6 is 12.2 Å². The minimum atomic E-state index is 0.217. The lowest BCUT2D eigenvalue weighted by molar-refractivity contribution is 0.0511. The molecule has 0 saturated carbocycles. The van der Waals surface area contributed by atoms with Crippen molar-refractivity contribution in [3.05, 3.63) is 45.7 Å². The number of aryl methyl sites for hydroxylation is 1. The van der Waals surface area contributed by atoms with Crippen LogP contribution in [0.4, 0.5) is 0 Å². The molecule has 5 heteroatoms. The van der Waals surface area contributed by atoms with Crippen molar-refractivity contribution in [3.8, 4) is 22.9 Å². The molecule has 0 atom stereocenters. The van der Waals surface area contributed by atoms with Crippen LogP contribution in [-0.4, -0.2) is 18.9 Å². The Labute approximate surface area is 134 Å². The van der Waals surface area contributed by atoms with E-state index in [1.54, 1.807) is 7.11 Å². The van der Waals surface area contributed by atoms with Gasteiger partial charge in [-0.3, -0.25) is 0 Å². The maximum absolute atomic E-state index is 9.48. The number of fused-ring (bicyclic) bond motifs is 1. The molecule has 1 aliphatic carbocycles. The van der Waals surface area contributed by atoms with E-state index >= 15 is 0 Å². The monoisotopic (exact) mass is 312 g/mol. The summed E-state index contributed by atoms with van der Waals surface area (Å²) in [6, 6.07) is 9.96. The molecule has 112 valence electrons. The number of hydrogen-bond acceptors (Lipinski definition) is 4. The molecule has 0 amide bonds. The minimum absolute atomic E-state index is 0.217. The Balaban J connectivity index is 2.08. The molecule has 0 radical (unpaired) electrons. The lowest BCUT2D eigenvalue weighted by atomic mass is 9.95. The molecule has 2 aromatic rings. The lowest BCUT2D eigenvalue weighted by Crippen LogP contribution is -2.00. The molecule has 0 fully saturated rings. The van der Waals surface area contributed by atoms with Crippen LogP contribution in [0.5, 0.6) is 5.75 Å². The van der Waals surface area contributed by atoms with Gasteiger partial charge in [-0.15, -0.1) is 0 Å². The van der Waals surface area contributed by atoms with Gasteiger partial charge in [0.05, 0.1) is 5.56 Å². The summed E-state index contributed by atoms with van der Waals surface area (Å²) in [5.74, 6) is 0.738. The molecule has 0 aliphatic heterocycles. The van der Waals surface area contributed by atoms with Gasteiger partial charge in [0.1, 0.15) is 16.5 Å². The van der Waals surface area contributed by atoms with Crippen LogP contribution in [0.25, 0.3) is 11.1 Å². The van der Waals surface area contributed by atoms with E-state index in [0.717, 1.165) is 36.1 Å². The van der Waals surface area contributed by atoms with Gasteiger partial charge in [-0.1, -0.05) is 24.4 Å². The number of methoxy groups -OCH3 is 1. The molecule has 1 aromatic heterocycles. The van der Waals surface area contributed by atoms with Gasteiger partial charge in [0.15, 0.2) is 6.79 Å². The predicted molar refractivity (Wildman–Crippen MR) is 86.3 cm³/mol. The zero-order valence-electron chi connectivity index (χ0n) is 12.3. The second-order valence-corrected chi connectivity index (χ2v) is 5.61. The van der Waals surface area contributed by atoms with Gasteiger partial charge < -0.3 is 14.5 Å². The van der Waals surface area contributed by atoms with Gasteiger partial charge in [0, 0.05) is 18.4 Å². The second kappa shape index (κ2) is 6.30. The first-order valence-corrected chi connectivity index (χ1v) is 7.55. The molecule has 1 heterocycles. The number of rotatable bonds is 4. The van der Waals surface area contributed by atoms with E-state index in [-0.39, 0.29) is 6.79 Å². The Bertz CT molecular complexity index is 788. The van der Waals surface area contributed by atoms with Crippen LogP contribution in [0.2, 0.25) is 0 Å². The van der Waals surface area contributed by atoms with Crippen molar-refractivity contribution < 1.29 is 9.47 Å². The maximum atomic E-state index is 9.48. The number of nitriles is 1. The molecular weight excluding hydrogens is 296 g/mol. The molecule has 0 spiro atoms. The summed E-state index contributed by atoms with van der Waals surface area (Å²) in [6.45, 7) is 0.217. The topological polar surface area (TPSA) is 58.0 Å². The van der Waals surface area contributed by atoms with Gasteiger partial charge in [-0.2, -0.15) is 5.26 Å². The van der Waals surface area contributed by atoms with E-state index in [0.29, 0.717) is 10.2 Å². The van der Waals surface area contributed by atoms with Gasteiger partial charge in [-0.25, -0.2) is 0 Å². The first-order valence-electron chi connectivity index (χ1n) is 7.15. The summed E-state index contributed by atoms with van der Waals surface area (Å²) in [7, 11) is 1.59. The van der Waals surface area contributed by atoms with Crippen LogP contribution in [-0.2, 0) is 17.6 Å². The summed E-state index contributed by atoms with van der Waals surface area (Å²) in [5.41, 5.74) is 4.91. The number of nitrogens with zero attached hydrogens (tertiary/aromatic N) is 1. The molecule has 1 N–H and O–H groups in total. The van der Waals surface area contributed by atoms with Crippen molar-refractivity contribution in [2.24, 2.45) is 0 Å². The summed E-state index contributed by atoms with van der Waals surface area (Å²) >= 11 is 5.34. The zero-order valence-corrected chi connectivity index (χ0v) is 13.1. The van der Waals surface area contributed by atoms with E-state index in [9.17, 15) is 5.26 Å². The molecular formula is C17H16N2O2S. The minimum Gasteiger partial charge on any atom is -0.468 e. The summed E-state index contributed by atoms with van der Waals surface area (Å²) in [6.07, 6.45) is 3.07. The first kappa shape index (κ1) is 14.8. The molecule has 1 aliphatic rings. The highest BCUT2D eigenvalue weighted by Gasteiger charge is 2.21. The molecule has 3 rings (SSSR count). The Morgan fingerprint density at radius 3 is 2.73 bits per heavy atom. The average Bonchev–Trinajstić information content (AvgIpc) is 3.00. The predicted octanol–water partition coefficient (Wildman–Crippen LogP) is 3.75. The molecule has 0 saturated heterocycles. The first-order chi connectivity index (χ1) is 10.7.